The molecule has 22 heavy (non-hydrogen) atoms. The molecule has 0 radical (unpaired) electrons. The number of hydrogen-bond acceptors (Lipinski definition) is 3. The summed E-state index contributed by atoms with van der Waals surface area (Å²) in [6.45, 7) is 1.64. The van der Waals surface area contributed by atoms with Crippen LogP contribution in [0.25, 0.3) is 0 Å². The van der Waals surface area contributed by atoms with Crippen molar-refractivity contribution in [2.45, 2.75) is 13.0 Å². The van der Waals surface area contributed by atoms with Crippen LogP contribution in [0.5, 0.6) is 0 Å². The van der Waals surface area contributed by atoms with Crippen molar-refractivity contribution < 1.29 is 13.6 Å². The van der Waals surface area contributed by atoms with Crippen molar-refractivity contribution in [2.75, 3.05) is 19.0 Å². The van der Waals surface area contributed by atoms with Gasteiger partial charge in [-0.15, -0.1) is 0 Å². The molecule has 1 atom stereocenters. The number of aromatic nitrogens is 1. The van der Waals surface area contributed by atoms with Gasteiger partial charge in [-0.3, -0.25) is 4.79 Å². The Labute approximate surface area is 127 Å². The van der Waals surface area contributed by atoms with Crippen LogP contribution in [0.3, 0.4) is 0 Å². The molecular formula is C16H17F2N3O. The number of nitrogens with zero attached hydrogens (tertiary/aromatic N) is 2. The molecule has 0 aliphatic heterocycles. The Hall–Kier alpha value is -2.50. The second-order valence-electron chi connectivity index (χ2n) is 5.13. The molecule has 6 heteroatoms. The van der Waals surface area contributed by atoms with Crippen molar-refractivity contribution in [3.05, 3.63) is 59.3 Å². The lowest BCUT2D eigenvalue weighted by Gasteiger charge is -2.18. The van der Waals surface area contributed by atoms with E-state index in [1.165, 1.54) is 6.07 Å². The molecule has 0 unspecified atom stereocenters. The third kappa shape index (κ3) is 3.39. The van der Waals surface area contributed by atoms with Gasteiger partial charge in [0.2, 0.25) is 0 Å². The van der Waals surface area contributed by atoms with Crippen molar-refractivity contribution in [3.8, 4) is 0 Å². The highest BCUT2D eigenvalue weighted by atomic mass is 19.1. The molecule has 1 amide bonds. The second-order valence-corrected chi connectivity index (χ2v) is 5.13. The van der Waals surface area contributed by atoms with Gasteiger partial charge in [0.1, 0.15) is 17.5 Å². The molecule has 0 bridgehead atoms. The molecule has 1 heterocycles. The van der Waals surface area contributed by atoms with Gasteiger partial charge in [0.25, 0.3) is 5.91 Å². The Balaban J connectivity index is 2.22. The first-order chi connectivity index (χ1) is 10.4. The van der Waals surface area contributed by atoms with Crippen LogP contribution in [0.15, 0.2) is 36.5 Å². The van der Waals surface area contributed by atoms with E-state index < -0.39 is 17.7 Å². The minimum Gasteiger partial charge on any atom is -0.362 e. The number of halogens is 2. The van der Waals surface area contributed by atoms with Crippen molar-refractivity contribution >= 4 is 11.7 Å². The van der Waals surface area contributed by atoms with Crippen LogP contribution in [0.4, 0.5) is 14.6 Å². The van der Waals surface area contributed by atoms with E-state index in [0.717, 1.165) is 12.1 Å². The first kappa shape index (κ1) is 15.9. The third-order valence-electron chi connectivity index (χ3n) is 3.23. The summed E-state index contributed by atoms with van der Waals surface area (Å²) >= 11 is 0. The third-order valence-corrected chi connectivity index (χ3v) is 3.23. The average molecular weight is 305 g/mol. The predicted molar refractivity (Wildman–Crippen MR) is 80.8 cm³/mol. The summed E-state index contributed by atoms with van der Waals surface area (Å²) in [7, 11) is 3.56. The Bertz CT molecular complexity index is 689. The monoisotopic (exact) mass is 305 g/mol. The maximum Gasteiger partial charge on any atom is 0.255 e. The maximum absolute atomic E-state index is 13.7. The van der Waals surface area contributed by atoms with Crippen LogP contribution in [0.1, 0.15) is 28.9 Å². The molecular weight excluding hydrogens is 288 g/mol. The lowest BCUT2D eigenvalue weighted by Crippen LogP contribution is -2.29. The molecule has 0 aliphatic rings. The number of rotatable bonds is 4. The highest BCUT2D eigenvalue weighted by Crippen LogP contribution is 2.20. The van der Waals surface area contributed by atoms with Crippen LogP contribution in [-0.4, -0.2) is 25.0 Å². The average Bonchev–Trinajstić information content (AvgIpc) is 2.46. The number of carbonyl (C=O) groups is 1. The molecule has 2 rings (SSSR count). The smallest absolute Gasteiger partial charge is 0.255 e. The van der Waals surface area contributed by atoms with E-state index in [2.05, 4.69) is 10.3 Å². The molecule has 0 saturated carbocycles. The number of anilines is 1. The first-order valence-corrected chi connectivity index (χ1v) is 6.78. The Morgan fingerprint density at radius 1 is 1.27 bits per heavy atom. The highest BCUT2D eigenvalue weighted by molar-refractivity contribution is 5.99. The molecule has 0 aliphatic carbocycles. The Morgan fingerprint density at radius 3 is 2.64 bits per heavy atom. The molecule has 1 N–H and O–H groups in total. The van der Waals surface area contributed by atoms with Crippen LogP contribution in [-0.2, 0) is 0 Å². The zero-order chi connectivity index (χ0) is 16.3. The molecule has 116 valence electrons. The van der Waals surface area contributed by atoms with Crippen LogP contribution < -0.4 is 10.2 Å². The fourth-order valence-electron chi connectivity index (χ4n) is 2.14. The maximum atomic E-state index is 13.7. The van der Waals surface area contributed by atoms with Crippen LogP contribution in [0, 0.1) is 11.6 Å². The van der Waals surface area contributed by atoms with Crippen LogP contribution in [0.2, 0.25) is 0 Å². The summed E-state index contributed by atoms with van der Waals surface area (Å²) in [6, 6.07) is 6.00. The van der Waals surface area contributed by atoms with Crippen LogP contribution >= 0.6 is 0 Å². The van der Waals surface area contributed by atoms with Gasteiger partial charge in [0.15, 0.2) is 0 Å². The van der Waals surface area contributed by atoms with E-state index in [-0.39, 0.29) is 11.5 Å². The van der Waals surface area contributed by atoms with Gasteiger partial charge in [-0.2, -0.15) is 0 Å². The number of benzene rings is 1. The zero-order valence-corrected chi connectivity index (χ0v) is 12.6. The SMILES string of the molecule is C[C@@H](NC(=O)c1cccnc1N(C)C)c1ccc(F)cc1F. The van der Waals surface area contributed by atoms with Crippen molar-refractivity contribution in [3.63, 3.8) is 0 Å². The van der Waals surface area contributed by atoms with E-state index in [1.54, 1.807) is 44.2 Å². The number of amides is 1. The number of nitrogens with one attached hydrogen (secondary N) is 1. The largest absolute Gasteiger partial charge is 0.362 e. The topological polar surface area (TPSA) is 45.2 Å². The number of pyridine rings is 1. The zero-order valence-electron chi connectivity index (χ0n) is 12.6. The fourth-order valence-corrected chi connectivity index (χ4v) is 2.14. The summed E-state index contributed by atoms with van der Waals surface area (Å²) in [4.78, 5) is 18.2. The van der Waals surface area contributed by atoms with Crippen molar-refractivity contribution in [1.82, 2.24) is 10.3 Å². The summed E-state index contributed by atoms with van der Waals surface area (Å²) in [6.07, 6.45) is 1.59. The summed E-state index contributed by atoms with van der Waals surface area (Å²) in [5.41, 5.74) is 0.618. The summed E-state index contributed by atoms with van der Waals surface area (Å²) < 4.78 is 26.7. The van der Waals surface area contributed by atoms with E-state index in [9.17, 15) is 13.6 Å². The van der Waals surface area contributed by atoms with Gasteiger partial charge in [0, 0.05) is 31.9 Å². The van der Waals surface area contributed by atoms with Gasteiger partial charge >= 0.3 is 0 Å². The van der Waals surface area contributed by atoms with E-state index in [4.69, 9.17) is 0 Å². The Kier molecular flexibility index (Phi) is 4.70. The molecule has 0 fully saturated rings. The van der Waals surface area contributed by atoms with E-state index >= 15 is 0 Å². The quantitative estimate of drug-likeness (QED) is 0.944. The van der Waals surface area contributed by atoms with Gasteiger partial charge in [0.05, 0.1) is 11.6 Å². The van der Waals surface area contributed by atoms with Gasteiger partial charge < -0.3 is 10.2 Å². The van der Waals surface area contributed by atoms with E-state index in [1.807, 2.05) is 0 Å². The lowest BCUT2D eigenvalue weighted by atomic mass is 10.1. The highest BCUT2D eigenvalue weighted by Gasteiger charge is 2.18. The van der Waals surface area contributed by atoms with Gasteiger partial charge in [-0.05, 0) is 25.1 Å². The Morgan fingerprint density at radius 2 is 2.00 bits per heavy atom. The number of carbonyl (C=O) groups excluding carboxylic acids is 1. The van der Waals surface area contributed by atoms with Crippen molar-refractivity contribution in [2.24, 2.45) is 0 Å². The number of hydrogen-bond donors (Lipinski definition) is 1. The molecule has 0 spiro atoms. The summed E-state index contributed by atoms with van der Waals surface area (Å²) in [5.74, 6) is -1.19. The molecule has 2 aromatic rings. The minimum absolute atomic E-state index is 0.227. The van der Waals surface area contributed by atoms with Gasteiger partial charge in [-0.1, -0.05) is 6.07 Å². The normalized spacial score (nSPS) is 11.9. The molecule has 0 saturated heterocycles. The standard InChI is InChI=1S/C16H17F2N3O/c1-10(12-7-6-11(17)9-14(12)18)20-16(22)13-5-4-8-19-15(13)21(2)3/h4-10H,1-3H3,(H,20,22)/t10-/m1/s1. The first-order valence-electron chi connectivity index (χ1n) is 6.78. The molecule has 1 aromatic heterocycles. The van der Waals surface area contributed by atoms with Crippen molar-refractivity contribution in [1.29, 1.82) is 0 Å². The fraction of sp³-hybridized carbons (Fsp3) is 0.250. The predicted octanol–water partition coefficient (Wildman–Crippen LogP) is 2.92. The molecule has 1 aromatic carbocycles. The lowest BCUT2D eigenvalue weighted by molar-refractivity contribution is 0.0939. The minimum atomic E-state index is -0.688. The van der Waals surface area contributed by atoms with E-state index in [0.29, 0.717) is 11.4 Å². The van der Waals surface area contributed by atoms with Gasteiger partial charge in [-0.25, -0.2) is 13.8 Å². The summed E-state index contributed by atoms with van der Waals surface area (Å²) in [5, 5.41) is 2.70. The second kappa shape index (κ2) is 6.51. The molecule has 4 nitrogen and oxygen atoms in total.